The molecule has 0 aromatic heterocycles. The van der Waals surface area contributed by atoms with Crippen molar-refractivity contribution in [1.29, 1.82) is 0 Å². The molecular weight excluding hydrogens is 438 g/mol. The highest BCUT2D eigenvalue weighted by molar-refractivity contribution is 9.10. The quantitative estimate of drug-likeness (QED) is 0.435. The largest absolute Gasteiger partial charge is 0.494 e. The van der Waals surface area contributed by atoms with E-state index in [1.54, 1.807) is 37.3 Å². The van der Waals surface area contributed by atoms with Crippen LogP contribution in [0, 0.1) is 6.92 Å². The molecular formula is C21H24BrN3O4. The van der Waals surface area contributed by atoms with Crippen LogP contribution in [-0.4, -0.2) is 30.7 Å². The van der Waals surface area contributed by atoms with Crippen LogP contribution in [0.4, 0.5) is 5.69 Å². The third kappa shape index (κ3) is 7.95. The summed E-state index contributed by atoms with van der Waals surface area (Å²) in [5.41, 5.74) is 4.53. The highest BCUT2D eigenvalue weighted by Crippen LogP contribution is 2.21. The van der Waals surface area contributed by atoms with E-state index < -0.39 is 5.91 Å². The van der Waals surface area contributed by atoms with Crippen molar-refractivity contribution in [3.63, 3.8) is 0 Å². The number of hydrogen-bond acceptors (Lipinski definition) is 5. The number of rotatable bonds is 9. The molecule has 8 heteroatoms. The molecule has 0 spiro atoms. The number of ether oxygens (including phenoxy) is 2. The Labute approximate surface area is 178 Å². The van der Waals surface area contributed by atoms with Crippen LogP contribution in [-0.2, 0) is 9.59 Å². The van der Waals surface area contributed by atoms with E-state index in [4.69, 9.17) is 9.47 Å². The minimum atomic E-state index is -0.406. The molecule has 154 valence electrons. The maximum Gasteiger partial charge on any atom is 0.277 e. The number of aryl methyl sites for hydroxylation is 1. The van der Waals surface area contributed by atoms with Gasteiger partial charge in [0.1, 0.15) is 11.5 Å². The van der Waals surface area contributed by atoms with Gasteiger partial charge in [0, 0.05) is 15.9 Å². The molecule has 7 nitrogen and oxygen atoms in total. The van der Waals surface area contributed by atoms with Crippen LogP contribution in [0.15, 0.2) is 52.0 Å². The zero-order chi connectivity index (χ0) is 21.2. The molecule has 2 aromatic rings. The molecule has 0 fully saturated rings. The second-order valence-corrected chi connectivity index (χ2v) is 7.12. The number of hydrazone groups is 1. The molecule has 0 aliphatic heterocycles. The predicted octanol–water partition coefficient (Wildman–Crippen LogP) is 4.06. The van der Waals surface area contributed by atoms with Crippen molar-refractivity contribution < 1.29 is 19.1 Å². The fourth-order valence-corrected chi connectivity index (χ4v) is 2.57. The van der Waals surface area contributed by atoms with Crippen LogP contribution < -0.4 is 20.2 Å². The van der Waals surface area contributed by atoms with Crippen molar-refractivity contribution >= 4 is 39.1 Å². The van der Waals surface area contributed by atoms with Gasteiger partial charge >= 0.3 is 0 Å². The third-order valence-corrected chi connectivity index (χ3v) is 4.63. The Bertz CT molecular complexity index is 882. The lowest BCUT2D eigenvalue weighted by Crippen LogP contribution is -2.26. The van der Waals surface area contributed by atoms with Crippen LogP contribution in [0.5, 0.6) is 11.5 Å². The number of amides is 2. The monoisotopic (exact) mass is 461 g/mol. The first-order valence-electron chi connectivity index (χ1n) is 9.11. The Balaban J connectivity index is 1.75. The number of nitrogens with zero attached hydrogens (tertiary/aromatic N) is 1. The highest BCUT2D eigenvalue weighted by Gasteiger charge is 2.07. The van der Waals surface area contributed by atoms with Crippen molar-refractivity contribution in [2.45, 2.75) is 27.2 Å². The second kappa shape index (κ2) is 11.2. The van der Waals surface area contributed by atoms with Gasteiger partial charge in [-0.05, 0) is 68.8 Å². The Morgan fingerprint density at radius 2 is 1.72 bits per heavy atom. The highest BCUT2D eigenvalue weighted by atomic mass is 79.9. The molecule has 2 aromatic carbocycles. The molecule has 0 aliphatic rings. The van der Waals surface area contributed by atoms with Crippen LogP contribution >= 0.6 is 15.9 Å². The van der Waals surface area contributed by atoms with E-state index in [0.29, 0.717) is 23.8 Å². The molecule has 29 heavy (non-hydrogen) atoms. The first-order chi connectivity index (χ1) is 13.9. The van der Waals surface area contributed by atoms with Gasteiger partial charge in [-0.1, -0.05) is 15.9 Å². The molecule has 0 bridgehead atoms. The normalized spacial score (nSPS) is 11.0. The molecule has 0 atom stereocenters. The van der Waals surface area contributed by atoms with Crippen molar-refractivity contribution in [1.82, 2.24) is 5.43 Å². The summed E-state index contributed by atoms with van der Waals surface area (Å²) in [6.45, 7) is 5.92. The average molecular weight is 462 g/mol. The van der Waals surface area contributed by atoms with Crippen LogP contribution in [0.1, 0.15) is 25.8 Å². The van der Waals surface area contributed by atoms with E-state index >= 15 is 0 Å². The Kier molecular flexibility index (Phi) is 8.67. The first kappa shape index (κ1) is 22.4. The number of hydrogen-bond donors (Lipinski definition) is 2. The Morgan fingerprint density at radius 1 is 1.03 bits per heavy atom. The van der Waals surface area contributed by atoms with E-state index in [1.165, 1.54) is 0 Å². The third-order valence-electron chi connectivity index (χ3n) is 3.74. The molecule has 0 aliphatic carbocycles. The fraction of sp³-hybridized carbons (Fsp3) is 0.286. The number of anilines is 1. The SMILES string of the molecule is CCOc1ccc(NC(=O)C/C(C)=N/NC(=O)COc2ccc(Br)c(C)c2)cc1. The number of carbonyl (C=O) groups is 2. The van der Waals surface area contributed by atoms with Gasteiger partial charge in [0.25, 0.3) is 5.91 Å². The Hall–Kier alpha value is -2.87. The van der Waals surface area contributed by atoms with Crippen LogP contribution in [0.25, 0.3) is 0 Å². The van der Waals surface area contributed by atoms with Crippen molar-refractivity contribution in [3.8, 4) is 11.5 Å². The van der Waals surface area contributed by atoms with E-state index in [-0.39, 0.29) is 18.9 Å². The molecule has 2 amide bonds. The van der Waals surface area contributed by atoms with Gasteiger partial charge in [-0.25, -0.2) is 5.43 Å². The van der Waals surface area contributed by atoms with Gasteiger partial charge in [0.05, 0.1) is 13.0 Å². The molecule has 0 saturated carbocycles. The standard InChI is InChI=1S/C21H24BrN3O4/c1-4-28-17-7-5-16(6-8-17)23-20(26)12-15(3)24-25-21(27)13-29-18-9-10-19(22)14(2)11-18/h5-11H,4,12-13H2,1-3H3,(H,23,26)(H,25,27)/b24-15+. The zero-order valence-corrected chi connectivity index (χ0v) is 18.2. The summed E-state index contributed by atoms with van der Waals surface area (Å²) in [6, 6.07) is 12.5. The Morgan fingerprint density at radius 3 is 2.38 bits per heavy atom. The van der Waals surface area contributed by atoms with Crippen LogP contribution in [0.3, 0.4) is 0 Å². The number of carbonyl (C=O) groups excluding carboxylic acids is 2. The van der Waals surface area contributed by atoms with E-state index in [2.05, 4.69) is 31.8 Å². The first-order valence-corrected chi connectivity index (χ1v) is 9.90. The lowest BCUT2D eigenvalue weighted by Gasteiger charge is -2.08. The van der Waals surface area contributed by atoms with Gasteiger partial charge in [-0.15, -0.1) is 0 Å². The summed E-state index contributed by atoms with van der Waals surface area (Å²) in [4.78, 5) is 24.0. The topological polar surface area (TPSA) is 89.0 Å². The van der Waals surface area contributed by atoms with Gasteiger partial charge in [-0.2, -0.15) is 5.10 Å². The van der Waals surface area contributed by atoms with Gasteiger partial charge in [0.15, 0.2) is 6.61 Å². The molecule has 2 rings (SSSR count). The van der Waals surface area contributed by atoms with Crippen molar-refractivity contribution in [3.05, 3.63) is 52.5 Å². The van der Waals surface area contributed by atoms with Crippen molar-refractivity contribution in [2.75, 3.05) is 18.5 Å². The summed E-state index contributed by atoms with van der Waals surface area (Å²) in [5.74, 6) is 0.700. The molecule has 0 unspecified atom stereocenters. The number of halogens is 1. The maximum atomic E-state index is 12.1. The number of nitrogens with one attached hydrogen (secondary N) is 2. The summed E-state index contributed by atoms with van der Waals surface area (Å²) < 4.78 is 11.8. The smallest absolute Gasteiger partial charge is 0.277 e. The molecule has 2 N–H and O–H groups in total. The van der Waals surface area contributed by atoms with Crippen molar-refractivity contribution in [2.24, 2.45) is 5.10 Å². The number of benzene rings is 2. The lowest BCUT2D eigenvalue weighted by atomic mass is 10.2. The average Bonchev–Trinajstić information content (AvgIpc) is 2.69. The minimum Gasteiger partial charge on any atom is -0.494 e. The zero-order valence-electron chi connectivity index (χ0n) is 16.6. The maximum absolute atomic E-state index is 12.1. The van der Waals surface area contributed by atoms with Gasteiger partial charge < -0.3 is 14.8 Å². The van der Waals surface area contributed by atoms with E-state index in [9.17, 15) is 9.59 Å². The van der Waals surface area contributed by atoms with Gasteiger partial charge in [-0.3, -0.25) is 9.59 Å². The van der Waals surface area contributed by atoms with Gasteiger partial charge in [0.2, 0.25) is 5.91 Å². The molecule has 0 saturated heterocycles. The van der Waals surface area contributed by atoms with Crippen LogP contribution in [0.2, 0.25) is 0 Å². The summed E-state index contributed by atoms with van der Waals surface area (Å²) in [6.07, 6.45) is 0.0558. The molecule has 0 radical (unpaired) electrons. The minimum absolute atomic E-state index is 0.0558. The fourth-order valence-electron chi connectivity index (χ4n) is 2.32. The predicted molar refractivity (Wildman–Crippen MR) is 116 cm³/mol. The van der Waals surface area contributed by atoms with E-state index in [0.717, 1.165) is 15.8 Å². The second-order valence-electron chi connectivity index (χ2n) is 6.26. The molecule has 0 heterocycles. The summed E-state index contributed by atoms with van der Waals surface area (Å²) in [5, 5.41) is 6.71. The summed E-state index contributed by atoms with van der Waals surface area (Å²) >= 11 is 3.41. The van der Waals surface area contributed by atoms with E-state index in [1.807, 2.05) is 26.0 Å². The summed E-state index contributed by atoms with van der Waals surface area (Å²) in [7, 11) is 0. The lowest BCUT2D eigenvalue weighted by molar-refractivity contribution is -0.123.